The van der Waals surface area contributed by atoms with Crippen molar-refractivity contribution >= 4 is 6.47 Å². The number of carbonyl (C=O) groups is 1. The standard InChI is InChI=1S/C10H15NO.C6H12O2/c1-9(11)7-12-8-10-5-3-2-4-6-10;1-6(2)3-4-8-5-7/h2-6,9H,7-8,11H2,1H3;5-6H,3-4H2,1-2H3. The Kier molecular flexibility index (Phi) is 11.8. The van der Waals surface area contributed by atoms with Gasteiger partial charge in [-0.05, 0) is 24.8 Å². The van der Waals surface area contributed by atoms with Gasteiger partial charge in [0.2, 0.25) is 0 Å². The minimum atomic E-state index is 0.119. The minimum absolute atomic E-state index is 0.119. The summed E-state index contributed by atoms with van der Waals surface area (Å²) in [5.74, 6) is 0.620. The van der Waals surface area contributed by atoms with Gasteiger partial charge in [-0.25, -0.2) is 0 Å². The van der Waals surface area contributed by atoms with Gasteiger partial charge in [-0.3, -0.25) is 4.79 Å². The zero-order valence-electron chi connectivity index (χ0n) is 12.7. The molecular weight excluding hydrogens is 254 g/mol. The normalized spacial score (nSPS) is 11.4. The van der Waals surface area contributed by atoms with Crippen LogP contribution in [-0.4, -0.2) is 25.7 Å². The molecule has 1 atom stereocenters. The van der Waals surface area contributed by atoms with E-state index in [9.17, 15) is 4.79 Å². The van der Waals surface area contributed by atoms with Gasteiger partial charge in [0, 0.05) is 6.04 Å². The van der Waals surface area contributed by atoms with Crippen LogP contribution >= 0.6 is 0 Å². The van der Waals surface area contributed by atoms with E-state index in [0.717, 1.165) is 6.42 Å². The Hall–Kier alpha value is -1.39. The Labute approximate surface area is 122 Å². The molecule has 4 nitrogen and oxygen atoms in total. The van der Waals surface area contributed by atoms with Gasteiger partial charge in [0.25, 0.3) is 6.47 Å². The third-order valence-corrected chi connectivity index (χ3v) is 2.37. The van der Waals surface area contributed by atoms with Crippen molar-refractivity contribution in [3.05, 3.63) is 35.9 Å². The lowest BCUT2D eigenvalue weighted by Crippen LogP contribution is -2.21. The second-order valence-corrected chi connectivity index (χ2v) is 5.13. The lowest BCUT2D eigenvalue weighted by atomic mass is 10.1. The summed E-state index contributed by atoms with van der Waals surface area (Å²) in [6.07, 6.45) is 0.957. The van der Waals surface area contributed by atoms with Gasteiger partial charge in [0.15, 0.2) is 0 Å². The summed E-state index contributed by atoms with van der Waals surface area (Å²) >= 11 is 0. The molecule has 0 spiro atoms. The van der Waals surface area contributed by atoms with E-state index in [2.05, 4.69) is 18.6 Å². The number of carbonyl (C=O) groups excluding carboxylic acids is 1. The van der Waals surface area contributed by atoms with Crippen LogP contribution in [0.4, 0.5) is 0 Å². The molecule has 20 heavy (non-hydrogen) atoms. The molecule has 0 aliphatic rings. The molecule has 0 bridgehead atoms. The van der Waals surface area contributed by atoms with Gasteiger partial charge in [-0.2, -0.15) is 0 Å². The summed E-state index contributed by atoms with van der Waals surface area (Å²) < 4.78 is 9.82. The molecule has 0 aromatic heterocycles. The highest BCUT2D eigenvalue weighted by atomic mass is 16.5. The van der Waals surface area contributed by atoms with Crippen molar-refractivity contribution in [1.29, 1.82) is 0 Å². The van der Waals surface area contributed by atoms with Gasteiger partial charge in [-0.15, -0.1) is 0 Å². The topological polar surface area (TPSA) is 61.5 Å². The molecule has 0 amide bonds. The molecule has 1 rings (SSSR count). The number of ether oxygens (including phenoxy) is 2. The first-order valence-corrected chi connectivity index (χ1v) is 6.98. The van der Waals surface area contributed by atoms with Crippen molar-refractivity contribution in [3.8, 4) is 0 Å². The van der Waals surface area contributed by atoms with E-state index in [1.807, 2.05) is 37.3 Å². The second kappa shape index (κ2) is 12.6. The molecule has 2 N–H and O–H groups in total. The average molecular weight is 281 g/mol. The molecule has 114 valence electrons. The van der Waals surface area contributed by atoms with E-state index >= 15 is 0 Å². The van der Waals surface area contributed by atoms with Gasteiger partial charge >= 0.3 is 0 Å². The number of nitrogens with two attached hydrogens (primary N) is 1. The van der Waals surface area contributed by atoms with Gasteiger partial charge in [-0.1, -0.05) is 44.2 Å². The van der Waals surface area contributed by atoms with E-state index in [1.165, 1.54) is 5.56 Å². The Morgan fingerprint density at radius 2 is 1.85 bits per heavy atom. The van der Waals surface area contributed by atoms with Crippen LogP contribution in [0, 0.1) is 5.92 Å². The third kappa shape index (κ3) is 13.1. The fraction of sp³-hybridized carbons (Fsp3) is 0.562. The van der Waals surface area contributed by atoms with Crippen LogP contribution < -0.4 is 5.73 Å². The fourth-order valence-electron chi connectivity index (χ4n) is 1.29. The van der Waals surface area contributed by atoms with Crippen LogP contribution in [0.25, 0.3) is 0 Å². The van der Waals surface area contributed by atoms with Gasteiger partial charge in [0.05, 0.1) is 19.8 Å². The van der Waals surface area contributed by atoms with Crippen LogP contribution in [0.2, 0.25) is 0 Å². The molecule has 4 heteroatoms. The zero-order chi connectivity index (χ0) is 15.2. The van der Waals surface area contributed by atoms with Crippen molar-refractivity contribution in [1.82, 2.24) is 0 Å². The molecule has 0 saturated heterocycles. The molecule has 1 aromatic carbocycles. The maximum absolute atomic E-state index is 9.56. The van der Waals surface area contributed by atoms with Crippen molar-refractivity contribution in [2.45, 2.75) is 39.8 Å². The van der Waals surface area contributed by atoms with E-state index in [0.29, 0.717) is 32.2 Å². The van der Waals surface area contributed by atoms with E-state index < -0.39 is 0 Å². The quantitative estimate of drug-likeness (QED) is 0.588. The summed E-state index contributed by atoms with van der Waals surface area (Å²) in [4.78, 5) is 9.56. The molecule has 0 aliphatic heterocycles. The largest absolute Gasteiger partial charge is 0.468 e. The van der Waals surface area contributed by atoms with Crippen LogP contribution in [0.5, 0.6) is 0 Å². The van der Waals surface area contributed by atoms with Crippen molar-refractivity contribution in [2.24, 2.45) is 11.7 Å². The van der Waals surface area contributed by atoms with Crippen molar-refractivity contribution in [2.75, 3.05) is 13.2 Å². The van der Waals surface area contributed by atoms with E-state index in [-0.39, 0.29) is 6.04 Å². The first-order valence-electron chi connectivity index (χ1n) is 6.98. The van der Waals surface area contributed by atoms with Gasteiger partial charge in [0.1, 0.15) is 0 Å². The van der Waals surface area contributed by atoms with E-state index in [4.69, 9.17) is 10.5 Å². The van der Waals surface area contributed by atoms with Crippen LogP contribution in [-0.2, 0) is 20.9 Å². The predicted octanol–water partition coefficient (Wildman–Crippen LogP) is 2.76. The number of hydrogen-bond donors (Lipinski definition) is 1. The molecule has 0 heterocycles. The monoisotopic (exact) mass is 281 g/mol. The maximum atomic E-state index is 9.56. The third-order valence-electron chi connectivity index (χ3n) is 2.37. The highest BCUT2D eigenvalue weighted by Crippen LogP contribution is 2.00. The Balaban J connectivity index is 0.000000396. The maximum Gasteiger partial charge on any atom is 0.293 e. The number of rotatable bonds is 8. The summed E-state index contributed by atoms with van der Waals surface area (Å²) in [6.45, 7) is 8.44. The molecular formula is C16H27NO3. The van der Waals surface area contributed by atoms with Crippen molar-refractivity contribution in [3.63, 3.8) is 0 Å². The number of benzene rings is 1. The SMILES string of the molecule is CC(C)CCOC=O.CC(N)COCc1ccccc1. The van der Waals surface area contributed by atoms with Crippen molar-refractivity contribution < 1.29 is 14.3 Å². The number of hydrogen-bond acceptors (Lipinski definition) is 4. The van der Waals surface area contributed by atoms with Crippen LogP contribution in [0.3, 0.4) is 0 Å². The molecule has 1 unspecified atom stereocenters. The van der Waals surface area contributed by atoms with E-state index in [1.54, 1.807) is 0 Å². The Morgan fingerprint density at radius 1 is 1.20 bits per heavy atom. The molecule has 0 radical (unpaired) electrons. The Morgan fingerprint density at radius 3 is 2.35 bits per heavy atom. The highest BCUT2D eigenvalue weighted by Gasteiger charge is 1.94. The molecule has 0 fully saturated rings. The summed E-state index contributed by atoms with van der Waals surface area (Å²) in [5, 5.41) is 0. The van der Waals surface area contributed by atoms with Gasteiger partial charge < -0.3 is 15.2 Å². The average Bonchev–Trinajstić information content (AvgIpc) is 2.40. The predicted molar refractivity (Wildman–Crippen MR) is 81.2 cm³/mol. The first kappa shape index (κ1) is 18.6. The summed E-state index contributed by atoms with van der Waals surface area (Å²) in [5.41, 5.74) is 6.72. The zero-order valence-corrected chi connectivity index (χ0v) is 12.7. The fourth-order valence-corrected chi connectivity index (χ4v) is 1.29. The smallest absolute Gasteiger partial charge is 0.293 e. The molecule has 0 saturated carbocycles. The first-order chi connectivity index (χ1) is 9.56. The molecule has 0 aliphatic carbocycles. The lowest BCUT2D eigenvalue weighted by molar-refractivity contribution is -0.128. The minimum Gasteiger partial charge on any atom is -0.468 e. The van der Waals surface area contributed by atoms with Crippen LogP contribution in [0.15, 0.2) is 30.3 Å². The highest BCUT2D eigenvalue weighted by molar-refractivity contribution is 5.36. The van der Waals surface area contributed by atoms with Crippen LogP contribution in [0.1, 0.15) is 32.8 Å². The molecule has 1 aromatic rings. The lowest BCUT2D eigenvalue weighted by Gasteiger charge is -2.06. The Bertz CT molecular complexity index is 326. The summed E-state index contributed by atoms with van der Waals surface area (Å²) in [7, 11) is 0. The second-order valence-electron chi connectivity index (χ2n) is 5.13. The summed E-state index contributed by atoms with van der Waals surface area (Å²) in [6, 6.07) is 10.2.